The number of nitrogens with one attached hydrogen (secondary N) is 1. The molecule has 0 aliphatic heterocycles. The number of hydrogen-bond donors (Lipinski definition) is 2. The van der Waals surface area contributed by atoms with Crippen LogP contribution in [0.3, 0.4) is 0 Å². The molecule has 0 saturated carbocycles. The molecular formula is C17H13NO2. The number of H-pyrrole nitrogens is 1. The zero-order valence-electron chi connectivity index (χ0n) is 10.7. The molecule has 3 rings (SSSR count). The van der Waals surface area contributed by atoms with Crippen LogP contribution < -0.4 is 0 Å². The van der Waals surface area contributed by atoms with E-state index < -0.39 is 0 Å². The quantitative estimate of drug-likeness (QED) is 0.558. The van der Waals surface area contributed by atoms with Gasteiger partial charge in [0.2, 0.25) is 0 Å². The summed E-state index contributed by atoms with van der Waals surface area (Å²) in [5.41, 5.74) is 2.46. The van der Waals surface area contributed by atoms with Gasteiger partial charge in [-0.3, -0.25) is 4.79 Å². The molecule has 1 heterocycles. The summed E-state index contributed by atoms with van der Waals surface area (Å²) >= 11 is 0. The van der Waals surface area contributed by atoms with Crippen molar-refractivity contribution in [2.24, 2.45) is 0 Å². The molecule has 0 aliphatic rings. The Morgan fingerprint density at radius 3 is 2.70 bits per heavy atom. The summed E-state index contributed by atoms with van der Waals surface area (Å²) in [5.74, 6) is 0.168. The standard InChI is InChI=1S/C17H13NO2/c19-14-7-8-16-15(10-14)13(11-18-16)6-9-17(20)12-4-2-1-3-5-12/h1-11,18-19H/b9-6+. The lowest BCUT2D eigenvalue weighted by Crippen LogP contribution is -1.92. The number of carbonyl (C=O) groups excluding carboxylic acids is 1. The first-order valence-electron chi connectivity index (χ1n) is 6.31. The molecular weight excluding hydrogens is 250 g/mol. The minimum atomic E-state index is -0.0416. The number of aromatic hydroxyl groups is 1. The molecule has 20 heavy (non-hydrogen) atoms. The number of allylic oxidation sites excluding steroid dienone is 1. The van der Waals surface area contributed by atoms with E-state index in [1.807, 2.05) is 24.4 Å². The van der Waals surface area contributed by atoms with Gasteiger partial charge >= 0.3 is 0 Å². The number of hydrogen-bond acceptors (Lipinski definition) is 2. The molecule has 98 valence electrons. The highest BCUT2D eigenvalue weighted by molar-refractivity contribution is 6.07. The van der Waals surface area contributed by atoms with Gasteiger partial charge in [0.1, 0.15) is 5.75 Å². The van der Waals surface area contributed by atoms with Gasteiger partial charge in [0.15, 0.2) is 5.78 Å². The van der Waals surface area contributed by atoms with Gasteiger partial charge in [-0.1, -0.05) is 30.3 Å². The summed E-state index contributed by atoms with van der Waals surface area (Å²) in [6.07, 6.45) is 5.12. The number of carbonyl (C=O) groups is 1. The number of phenolic OH excluding ortho intramolecular Hbond substituents is 1. The van der Waals surface area contributed by atoms with Gasteiger partial charge in [0.25, 0.3) is 0 Å². The van der Waals surface area contributed by atoms with Crippen LogP contribution in [0, 0.1) is 0 Å². The smallest absolute Gasteiger partial charge is 0.185 e. The van der Waals surface area contributed by atoms with Crippen molar-refractivity contribution >= 4 is 22.8 Å². The maximum Gasteiger partial charge on any atom is 0.185 e. The van der Waals surface area contributed by atoms with Crippen LogP contribution in [-0.2, 0) is 0 Å². The van der Waals surface area contributed by atoms with E-state index in [1.54, 1.807) is 42.5 Å². The molecule has 0 amide bonds. The summed E-state index contributed by atoms with van der Waals surface area (Å²) in [5, 5.41) is 10.4. The second kappa shape index (κ2) is 5.05. The van der Waals surface area contributed by atoms with Gasteiger partial charge in [-0.25, -0.2) is 0 Å². The summed E-state index contributed by atoms with van der Waals surface area (Å²) < 4.78 is 0. The summed E-state index contributed by atoms with van der Waals surface area (Å²) in [6, 6.07) is 14.2. The molecule has 3 nitrogen and oxygen atoms in total. The lowest BCUT2D eigenvalue weighted by atomic mass is 10.1. The number of rotatable bonds is 3. The SMILES string of the molecule is O=C(/C=C/c1c[nH]c2ccc(O)cc12)c1ccccc1. The predicted octanol–water partition coefficient (Wildman–Crippen LogP) is 3.77. The second-order valence-corrected chi connectivity index (χ2v) is 4.54. The van der Waals surface area contributed by atoms with Crippen LogP contribution in [-0.4, -0.2) is 15.9 Å². The van der Waals surface area contributed by atoms with Crippen molar-refractivity contribution in [3.63, 3.8) is 0 Å². The fraction of sp³-hybridized carbons (Fsp3) is 0. The highest BCUT2D eigenvalue weighted by atomic mass is 16.3. The first-order chi connectivity index (χ1) is 9.74. The lowest BCUT2D eigenvalue weighted by molar-refractivity contribution is 0.104. The van der Waals surface area contributed by atoms with E-state index in [1.165, 1.54) is 0 Å². The number of phenols is 1. The van der Waals surface area contributed by atoms with Gasteiger partial charge in [-0.05, 0) is 30.4 Å². The van der Waals surface area contributed by atoms with Crippen LogP contribution in [0.5, 0.6) is 5.75 Å². The molecule has 0 spiro atoms. The average Bonchev–Trinajstić information content (AvgIpc) is 2.88. The zero-order valence-corrected chi connectivity index (χ0v) is 10.7. The number of aromatic nitrogens is 1. The number of aromatic amines is 1. The topological polar surface area (TPSA) is 53.1 Å². The lowest BCUT2D eigenvalue weighted by Gasteiger charge is -1.95. The van der Waals surface area contributed by atoms with E-state index in [0.29, 0.717) is 5.56 Å². The molecule has 0 saturated heterocycles. The molecule has 0 aliphatic carbocycles. The molecule has 0 radical (unpaired) electrons. The minimum Gasteiger partial charge on any atom is -0.508 e. The molecule has 0 fully saturated rings. The third-order valence-electron chi connectivity index (χ3n) is 3.17. The molecule has 2 N–H and O–H groups in total. The Hall–Kier alpha value is -2.81. The maximum absolute atomic E-state index is 12.0. The van der Waals surface area contributed by atoms with Crippen LogP contribution >= 0.6 is 0 Å². The normalized spacial score (nSPS) is 11.2. The third-order valence-corrected chi connectivity index (χ3v) is 3.17. The Morgan fingerprint density at radius 2 is 1.90 bits per heavy atom. The van der Waals surface area contributed by atoms with Gasteiger partial charge < -0.3 is 10.1 Å². The van der Waals surface area contributed by atoms with E-state index in [4.69, 9.17) is 0 Å². The predicted molar refractivity (Wildman–Crippen MR) is 79.8 cm³/mol. The van der Waals surface area contributed by atoms with Gasteiger partial charge in [-0.15, -0.1) is 0 Å². The Kier molecular flexibility index (Phi) is 3.09. The third kappa shape index (κ3) is 2.34. The number of fused-ring (bicyclic) bond motifs is 1. The van der Waals surface area contributed by atoms with Crippen LogP contribution in [0.2, 0.25) is 0 Å². The van der Waals surface area contributed by atoms with Crippen molar-refractivity contribution in [2.45, 2.75) is 0 Å². The number of benzene rings is 2. The van der Waals surface area contributed by atoms with Crippen LogP contribution in [0.1, 0.15) is 15.9 Å². The summed E-state index contributed by atoms with van der Waals surface area (Å²) in [4.78, 5) is 15.1. The van der Waals surface area contributed by atoms with Crippen LogP contribution in [0.4, 0.5) is 0 Å². The van der Waals surface area contributed by atoms with Crippen molar-refractivity contribution in [3.8, 4) is 5.75 Å². The zero-order chi connectivity index (χ0) is 13.9. The largest absolute Gasteiger partial charge is 0.508 e. The Balaban J connectivity index is 1.91. The van der Waals surface area contributed by atoms with Crippen LogP contribution in [0.15, 0.2) is 60.8 Å². The van der Waals surface area contributed by atoms with Crippen molar-refractivity contribution < 1.29 is 9.90 Å². The van der Waals surface area contributed by atoms with E-state index in [0.717, 1.165) is 16.5 Å². The average molecular weight is 263 g/mol. The van der Waals surface area contributed by atoms with E-state index in [-0.39, 0.29) is 11.5 Å². The van der Waals surface area contributed by atoms with Gasteiger partial charge in [0, 0.05) is 28.2 Å². The molecule has 0 atom stereocenters. The fourth-order valence-corrected chi connectivity index (χ4v) is 2.13. The summed E-state index contributed by atoms with van der Waals surface area (Å²) in [6.45, 7) is 0. The van der Waals surface area contributed by atoms with Crippen molar-refractivity contribution in [2.75, 3.05) is 0 Å². The monoisotopic (exact) mass is 263 g/mol. The van der Waals surface area contributed by atoms with Crippen molar-refractivity contribution in [3.05, 3.63) is 71.9 Å². The Morgan fingerprint density at radius 1 is 1.10 bits per heavy atom. The molecule has 1 aromatic heterocycles. The molecule has 3 heteroatoms. The molecule has 3 aromatic rings. The number of ketones is 1. The Labute approximate surface area is 116 Å². The first-order valence-corrected chi connectivity index (χ1v) is 6.31. The Bertz CT molecular complexity index is 785. The maximum atomic E-state index is 12.0. The molecule has 2 aromatic carbocycles. The van der Waals surface area contributed by atoms with E-state index in [2.05, 4.69) is 4.98 Å². The summed E-state index contributed by atoms with van der Waals surface area (Å²) in [7, 11) is 0. The van der Waals surface area contributed by atoms with Gasteiger partial charge in [-0.2, -0.15) is 0 Å². The van der Waals surface area contributed by atoms with E-state index in [9.17, 15) is 9.90 Å². The van der Waals surface area contributed by atoms with Crippen molar-refractivity contribution in [1.82, 2.24) is 4.98 Å². The van der Waals surface area contributed by atoms with Gasteiger partial charge in [0.05, 0.1) is 0 Å². The second-order valence-electron chi connectivity index (χ2n) is 4.54. The van der Waals surface area contributed by atoms with Crippen LogP contribution in [0.25, 0.3) is 17.0 Å². The highest BCUT2D eigenvalue weighted by Crippen LogP contribution is 2.23. The molecule has 0 unspecified atom stereocenters. The van der Waals surface area contributed by atoms with E-state index >= 15 is 0 Å². The highest BCUT2D eigenvalue weighted by Gasteiger charge is 2.03. The molecule has 0 bridgehead atoms. The van der Waals surface area contributed by atoms with Crippen molar-refractivity contribution in [1.29, 1.82) is 0 Å². The first kappa shape index (κ1) is 12.2. The minimum absolute atomic E-state index is 0.0416. The fourth-order valence-electron chi connectivity index (χ4n) is 2.13.